The number of aryl methyl sites for hydroxylation is 1. The highest BCUT2D eigenvalue weighted by Gasteiger charge is 2.34. The van der Waals surface area contributed by atoms with Crippen molar-refractivity contribution in [2.75, 3.05) is 29.9 Å². The molecule has 1 atom stereocenters. The number of carbonyl (C=O) groups excluding carboxylic acids is 1. The van der Waals surface area contributed by atoms with E-state index in [9.17, 15) is 18.0 Å². The standard InChI is InChI=1S/C22H23F3N4O/c1-15-4-7-18(8-5-15)28-21(30)27-13-16-3-2-10-29(14-16)19-9-6-17(12-26)20(11-19)22(23,24)25/h4-9,11,16H,2-3,10,13-14H2,1H3,(H2,27,28,30). The van der Waals surface area contributed by atoms with E-state index in [0.717, 1.165) is 24.5 Å². The summed E-state index contributed by atoms with van der Waals surface area (Å²) in [5, 5.41) is 14.6. The highest BCUT2D eigenvalue weighted by Crippen LogP contribution is 2.35. The number of hydrogen-bond donors (Lipinski definition) is 2. The Morgan fingerprint density at radius 2 is 1.97 bits per heavy atom. The predicted octanol–water partition coefficient (Wildman–Crippen LogP) is 4.92. The molecule has 0 spiro atoms. The van der Waals surface area contributed by atoms with Gasteiger partial charge in [-0.25, -0.2) is 4.79 Å². The lowest BCUT2D eigenvalue weighted by Crippen LogP contribution is -2.42. The van der Waals surface area contributed by atoms with E-state index < -0.39 is 11.7 Å². The molecule has 1 saturated heterocycles. The third-order valence-corrected chi connectivity index (χ3v) is 5.17. The molecule has 2 amide bonds. The first-order valence-corrected chi connectivity index (χ1v) is 9.74. The predicted molar refractivity (Wildman–Crippen MR) is 109 cm³/mol. The van der Waals surface area contributed by atoms with Gasteiger partial charge < -0.3 is 15.5 Å². The molecule has 1 aliphatic rings. The summed E-state index contributed by atoms with van der Waals surface area (Å²) in [4.78, 5) is 14.0. The number of urea groups is 1. The maximum Gasteiger partial charge on any atom is 0.417 e. The molecule has 0 bridgehead atoms. The fourth-order valence-electron chi connectivity index (χ4n) is 3.58. The van der Waals surface area contributed by atoms with Gasteiger partial charge in [-0.05, 0) is 56.0 Å². The summed E-state index contributed by atoms with van der Waals surface area (Å²) in [5.74, 6) is 0.118. The summed E-state index contributed by atoms with van der Waals surface area (Å²) < 4.78 is 39.7. The van der Waals surface area contributed by atoms with Crippen molar-refractivity contribution in [3.63, 3.8) is 0 Å². The molecule has 1 fully saturated rings. The van der Waals surface area contributed by atoms with Crippen LogP contribution in [0.25, 0.3) is 0 Å². The van der Waals surface area contributed by atoms with Crippen molar-refractivity contribution in [3.8, 4) is 6.07 Å². The van der Waals surface area contributed by atoms with Gasteiger partial charge in [-0.1, -0.05) is 17.7 Å². The molecule has 2 aromatic rings. The number of hydrogen-bond acceptors (Lipinski definition) is 3. The Hall–Kier alpha value is -3.21. The van der Waals surface area contributed by atoms with E-state index in [1.807, 2.05) is 36.1 Å². The molecule has 158 valence electrons. The molecule has 0 aliphatic carbocycles. The van der Waals surface area contributed by atoms with E-state index in [4.69, 9.17) is 5.26 Å². The first-order chi connectivity index (χ1) is 14.3. The van der Waals surface area contributed by atoms with Crippen molar-refractivity contribution >= 4 is 17.4 Å². The number of rotatable bonds is 4. The number of anilines is 2. The van der Waals surface area contributed by atoms with Crippen LogP contribution in [0.4, 0.5) is 29.3 Å². The smallest absolute Gasteiger partial charge is 0.371 e. The van der Waals surface area contributed by atoms with Crippen LogP contribution in [0.15, 0.2) is 42.5 Å². The van der Waals surface area contributed by atoms with Gasteiger partial charge in [-0.2, -0.15) is 18.4 Å². The van der Waals surface area contributed by atoms with E-state index in [0.29, 0.717) is 31.0 Å². The molecule has 2 N–H and O–H groups in total. The Kier molecular flexibility index (Phi) is 6.50. The summed E-state index contributed by atoms with van der Waals surface area (Å²) in [6.45, 7) is 3.56. The summed E-state index contributed by atoms with van der Waals surface area (Å²) >= 11 is 0. The quantitative estimate of drug-likeness (QED) is 0.743. The van der Waals surface area contributed by atoms with E-state index >= 15 is 0 Å². The average Bonchev–Trinajstić information content (AvgIpc) is 2.73. The second kappa shape index (κ2) is 9.08. The SMILES string of the molecule is Cc1ccc(NC(=O)NCC2CCCN(c3ccc(C#N)c(C(F)(F)F)c3)C2)cc1. The third-order valence-electron chi connectivity index (χ3n) is 5.17. The number of amides is 2. The first kappa shape index (κ1) is 21.5. The van der Waals surface area contributed by atoms with Gasteiger partial charge in [0.15, 0.2) is 0 Å². The Labute approximate surface area is 173 Å². The van der Waals surface area contributed by atoms with Crippen LogP contribution in [0.2, 0.25) is 0 Å². The highest BCUT2D eigenvalue weighted by atomic mass is 19.4. The topological polar surface area (TPSA) is 68.2 Å². The van der Waals surface area contributed by atoms with Gasteiger partial charge in [0, 0.05) is 31.0 Å². The number of nitrogens with one attached hydrogen (secondary N) is 2. The van der Waals surface area contributed by atoms with Crippen LogP contribution < -0.4 is 15.5 Å². The normalized spacial score (nSPS) is 16.6. The summed E-state index contributed by atoms with van der Waals surface area (Å²) in [7, 11) is 0. The highest BCUT2D eigenvalue weighted by molar-refractivity contribution is 5.89. The molecule has 0 radical (unpaired) electrons. The van der Waals surface area contributed by atoms with Crippen LogP contribution in [0.5, 0.6) is 0 Å². The van der Waals surface area contributed by atoms with Crippen LogP contribution in [0, 0.1) is 24.2 Å². The van der Waals surface area contributed by atoms with E-state index in [2.05, 4.69) is 10.6 Å². The molecule has 0 saturated carbocycles. The minimum Gasteiger partial charge on any atom is -0.371 e. The van der Waals surface area contributed by atoms with E-state index in [-0.39, 0.29) is 17.5 Å². The molecular weight excluding hydrogens is 393 g/mol. The molecule has 30 heavy (non-hydrogen) atoms. The van der Waals surface area contributed by atoms with Crippen LogP contribution in [0.1, 0.15) is 29.5 Å². The number of nitriles is 1. The molecule has 1 aliphatic heterocycles. The first-order valence-electron chi connectivity index (χ1n) is 9.74. The van der Waals surface area contributed by atoms with E-state index in [1.165, 1.54) is 6.07 Å². The number of piperidine rings is 1. The third kappa shape index (κ3) is 5.44. The Morgan fingerprint density at radius 1 is 1.23 bits per heavy atom. The van der Waals surface area contributed by atoms with Gasteiger partial charge in [0.25, 0.3) is 0 Å². The van der Waals surface area contributed by atoms with Crippen molar-refractivity contribution in [1.29, 1.82) is 5.26 Å². The minimum absolute atomic E-state index is 0.118. The summed E-state index contributed by atoms with van der Waals surface area (Å²) in [6.07, 6.45) is -2.89. The molecular formula is C22H23F3N4O. The second-order valence-electron chi connectivity index (χ2n) is 7.49. The Morgan fingerprint density at radius 3 is 2.63 bits per heavy atom. The number of nitrogens with zero attached hydrogens (tertiary/aromatic N) is 2. The lowest BCUT2D eigenvalue weighted by molar-refractivity contribution is -0.137. The molecule has 3 rings (SSSR count). The minimum atomic E-state index is -4.58. The van der Waals surface area contributed by atoms with Crippen molar-refractivity contribution in [2.24, 2.45) is 5.92 Å². The van der Waals surface area contributed by atoms with Gasteiger partial charge in [0.05, 0.1) is 17.2 Å². The van der Waals surface area contributed by atoms with Crippen molar-refractivity contribution in [2.45, 2.75) is 25.9 Å². The monoisotopic (exact) mass is 416 g/mol. The zero-order chi connectivity index (χ0) is 21.7. The zero-order valence-corrected chi connectivity index (χ0v) is 16.6. The largest absolute Gasteiger partial charge is 0.417 e. The summed E-state index contributed by atoms with van der Waals surface area (Å²) in [5.41, 5.74) is 0.935. The molecule has 5 nitrogen and oxygen atoms in total. The number of carbonyl (C=O) groups is 1. The molecule has 0 aromatic heterocycles. The Balaban J connectivity index is 1.59. The number of alkyl halides is 3. The number of halogens is 3. The Bertz CT molecular complexity index is 935. The number of benzene rings is 2. The maximum atomic E-state index is 13.2. The van der Waals surface area contributed by atoms with Gasteiger partial charge in [-0.15, -0.1) is 0 Å². The average molecular weight is 416 g/mol. The van der Waals surface area contributed by atoms with Gasteiger partial charge in [-0.3, -0.25) is 0 Å². The fourth-order valence-corrected chi connectivity index (χ4v) is 3.58. The van der Waals surface area contributed by atoms with Crippen molar-refractivity contribution < 1.29 is 18.0 Å². The summed E-state index contributed by atoms with van der Waals surface area (Å²) in [6, 6.07) is 12.5. The molecule has 8 heteroatoms. The van der Waals surface area contributed by atoms with Crippen molar-refractivity contribution in [1.82, 2.24) is 5.32 Å². The van der Waals surface area contributed by atoms with Crippen molar-refractivity contribution in [3.05, 3.63) is 59.2 Å². The molecule has 1 heterocycles. The van der Waals surface area contributed by atoms with Crippen LogP contribution in [-0.2, 0) is 6.18 Å². The lowest BCUT2D eigenvalue weighted by Gasteiger charge is -2.35. The van der Waals surface area contributed by atoms with Crippen LogP contribution in [0.3, 0.4) is 0 Å². The lowest BCUT2D eigenvalue weighted by atomic mass is 9.96. The molecule has 1 unspecified atom stereocenters. The molecule has 2 aromatic carbocycles. The van der Waals surface area contributed by atoms with E-state index in [1.54, 1.807) is 12.1 Å². The zero-order valence-electron chi connectivity index (χ0n) is 16.6. The van der Waals surface area contributed by atoms with Crippen LogP contribution in [-0.4, -0.2) is 25.7 Å². The van der Waals surface area contributed by atoms with Gasteiger partial charge >= 0.3 is 12.2 Å². The fraction of sp³-hybridized carbons (Fsp3) is 0.364. The second-order valence-corrected chi connectivity index (χ2v) is 7.49. The van der Waals surface area contributed by atoms with Gasteiger partial charge in [0.2, 0.25) is 0 Å². The van der Waals surface area contributed by atoms with Crippen LogP contribution >= 0.6 is 0 Å². The maximum absolute atomic E-state index is 13.2. The van der Waals surface area contributed by atoms with Gasteiger partial charge in [0.1, 0.15) is 0 Å².